The molecular formula is C89H114F4N12O4. The number of fused-ring (bicyclic) bond motifs is 4. The van der Waals surface area contributed by atoms with Gasteiger partial charge in [0.25, 0.3) is 0 Å². The Kier molecular flexibility index (Phi) is 26.8. The number of carbonyl (C=O) groups excluding carboxylic acids is 4. The molecule has 8 aromatic rings. The van der Waals surface area contributed by atoms with Gasteiger partial charge in [0.2, 0.25) is 11.9 Å². The van der Waals surface area contributed by atoms with E-state index in [1.807, 2.05) is 78.5 Å². The van der Waals surface area contributed by atoms with Crippen molar-refractivity contribution in [3.05, 3.63) is 208 Å². The number of hydrogen-bond donors (Lipinski definition) is 0. The Hall–Kier alpha value is -9.20. The molecule has 0 amide bonds. The molecule has 12 heterocycles. The van der Waals surface area contributed by atoms with Crippen molar-refractivity contribution in [2.45, 2.75) is 249 Å². The van der Waals surface area contributed by atoms with Crippen LogP contribution < -0.4 is 19.6 Å². The second-order valence-corrected chi connectivity index (χ2v) is 35.4. The number of anilines is 4. The van der Waals surface area contributed by atoms with Crippen LogP contribution in [0.3, 0.4) is 0 Å². The van der Waals surface area contributed by atoms with Gasteiger partial charge in [0, 0.05) is 169 Å². The van der Waals surface area contributed by atoms with Gasteiger partial charge in [0.1, 0.15) is 52.2 Å². The van der Waals surface area contributed by atoms with E-state index >= 15 is 0 Å². The van der Waals surface area contributed by atoms with Gasteiger partial charge in [-0.2, -0.15) is 8.78 Å². The standard InChI is InChI=1S/C23H31N3O.C22H27F2N3O.2C22H28FN3O/c1-15-11-22(25-17(3)20(15)12-19(27)13-23(4,5)6)26-10-9-21-18(14-26)8-7-16(2)24-21;1-13-8-20(25-14(2)17(13)10-16(28)11-22(3,4)5)27-7-6-19-15(12-27)9-18(23)21(24)26-19;1-14-8-21(25-15(2)19(14)10-18(27)11-22(3,4)5)26-7-6-20-16(13-26)9-17(23)12-24-20;1-14-10-21(24-15(2)18(14)11-17(27)12-22(3,4)5)26-9-8-19-16(13-26)6-7-20(23)25-19/h7-8,11H,9-10,12-14H2,1-6H3;8-9H,6-7,10-12H2,1-5H3;8-9,12H,6-7,10-11,13H2,1-5H3;6-7,10H,8-9,11-13H2,1-5H3. The van der Waals surface area contributed by atoms with Gasteiger partial charge in [-0.25, -0.2) is 38.7 Å². The molecule has 0 spiro atoms. The molecule has 0 unspecified atom stereocenters. The lowest BCUT2D eigenvalue weighted by molar-refractivity contribution is -0.121. The lowest BCUT2D eigenvalue weighted by Crippen LogP contribution is -2.32. The van der Waals surface area contributed by atoms with Crippen molar-refractivity contribution < 1.29 is 36.7 Å². The molecule has 0 aromatic carbocycles. The molecule has 0 saturated carbocycles. The van der Waals surface area contributed by atoms with Crippen LogP contribution in [0.15, 0.2) is 66.9 Å². The molecule has 20 heteroatoms. The van der Waals surface area contributed by atoms with Gasteiger partial charge in [-0.1, -0.05) is 95.2 Å². The SMILES string of the molecule is Cc1cc(N2CCc3nc(F)c(F)cc3C2)nc(C)c1CC(=O)CC(C)(C)C.Cc1cc(N2CCc3nc(F)ccc3C2)nc(C)c1CC(=O)CC(C)(C)C.Cc1cc(N2CCc3ncc(F)cc3C2)nc(C)c1CC(=O)CC(C)(C)C.Cc1ccc2c(n1)CCN(c1cc(C)c(CC(=O)CC(C)(C)C)c(C)n1)C2. The Balaban J connectivity index is 0.000000167. The van der Waals surface area contributed by atoms with Gasteiger partial charge >= 0.3 is 0 Å². The van der Waals surface area contributed by atoms with Crippen molar-refractivity contribution in [3.63, 3.8) is 0 Å². The van der Waals surface area contributed by atoms with E-state index in [4.69, 9.17) is 19.9 Å². The highest BCUT2D eigenvalue weighted by Gasteiger charge is 2.29. The maximum atomic E-state index is 13.6. The minimum absolute atomic E-state index is 0.000956. The van der Waals surface area contributed by atoms with Gasteiger partial charge in [0.15, 0.2) is 5.82 Å². The highest BCUT2D eigenvalue weighted by Crippen LogP contribution is 2.34. The highest BCUT2D eigenvalue weighted by atomic mass is 19.2. The first-order valence-electron chi connectivity index (χ1n) is 38.4. The minimum Gasteiger partial charge on any atom is -0.352 e. The molecule has 8 aromatic heterocycles. The average Bonchev–Trinajstić information content (AvgIpc) is 0.805. The van der Waals surface area contributed by atoms with Crippen LogP contribution in [0.5, 0.6) is 0 Å². The monoisotopic (exact) mass is 1490 g/mol. The summed E-state index contributed by atoms with van der Waals surface area (Å²) in [6, 6.07) is 18.5. The molecular weight excluding hydrogens is 1380 g/mol. The number of aryl methyl sites for hydroxylation is 9. The average molecular weight is 1490 g/mol. The molecule has 0 radical (unpaired) electrons. The smallest absolute Gasteiger partial charge is 0.249 e. The number of aromatic nitrogens is 8. The Morgan fingerprint density at radius 3 is 1.00 bits per heavy atom. The molecule has 0 aliphatic carbocycles. The summed E-state index contributed by atoms with van der Waals surface area (Å²) < 4.78 is 53.7. The van der Waals surface area contributed by atoms with Crippen LogP contribution >= 0.6 is 0 Å². The third kappa shape index (κ3) is 23.7. The molecule has 16 nitrogen and oxygen atoms in total. The summed E-state index contributed by atoms with van der Waals surface area (Å²) >= 11 is 0. The van der Waals surface area contributed by atoms with Crippen molar-refractivity contribution in [1.82, 2.24) is 39.9 Å². The molecule has 4 aliphatic heterocycles. The predicted molar refractivity (Wildman–Crippen MR) is 427 cm³/mol. The molecule has 0 saturated heterocycles. The van der Waals surface area contributed by atoms with Crippen LogP contribution in [0.25, 0.3) is 0 Å². The quantitative estimate of drug-likeness (QED) is 0.0657. The Morgan fingerprint density at radius 2 is 0.661 bits per heavy atom. The second-order valence-electron chi connectivity index (χ2n) is 35.4. The first-order chi connectivity index (χ1) is 50.9. The van der Waals surface area contributed by atoms with Gasteiger partial charge in [-0.3, -0.25) is 29.1 Å². The Labute approximate surface area is 644 Å². The number of pyridine rings is 8. The van der Waals surface area contributed by atoms with Crippen molar-refractivity contribution in [2.24, 2.45) is 21.7 Å². The minimum atomic E-state index is -1.04. The van der Waals surface area contributed by atoms with E-state index in [0.29, 0.717) is 102 Å². The van der Waals surface area contributed by atoms with E-state index in [9.17, 15) is 36.7 Å². The maximum absolute atomic E-state index is 13.6. The first-order valence-corrected chi connectivity index (χ1v) is 38.4. The number of rotatable bonds is 16. The number of hydrogen-bond acceptors (Lipinski definition) is 16. The van der Waals surface area contributed by atoms with Crippen LogP contribution in [0, 0.1) is 108 Å². The highest BCUT2D eigenvalue weighted by molar-refractivity contribution is 5.84. The van der Waals surface area contributed by atoms with Crippen molar-refractivity contribution in [3.8, 4) is 0 Å². The Morgan fingerprint density at radius 1 is 0.358 bits per heavy atom. The number of carbonyl (C=O) groups is 4. The fourth-order valence-electron chi connectivity index (χ4n) is 15.0. The van der Waals surface area contributed by atoms with E-state index in [1.165, 1.54) is 29.6 Å². The Bertz CT molecular complexity index is 4460. The number of Topliss-reactive ketones (excluding diaryl/α,β-unsaturated/α-hetero) is 4. The predicted octanol–water partition coefficient (Wildman–Crippen LogP) is 17.7. The summed E-state index contributed by atoms with van der Waals surface area (Å²) in [5.74, 6) is 1.90. The summed E-state index contributed by atoms with van der Waals surface area (Å²) in [4.78, 5) is 94.1. The summed E-state index contributed by atoms with van der Waals surface area (Å²) in [6.45, 7) is 48.8. The van der Waals surface area contributed by atoms with E-state index in [0.717, 1.165) is 158 Å². The molecule has 109 heavy (non-hydrogen) atoms. The summed E-state index contributed by atoms with van der Waals surface area (Å²) in [5, 5.41) is 0. The molecule has 582 valence electrons. The number of ketones is 4. The topological polar surface area (TPSA) is 184 Å². The van der Waals surface area contributed by atoms with Crippen molar-refractivity contribution >= 4 is 46.4 Å². The van der Waals surface area contributed by atoms with Gasteiger partial charge in [-0.15, -0.1) is 0 Å². The number of halogens is 4. The number of nitrogens with zero attached hydrogens (tertiary/aromatic N) is 12. The second kappa shape index (κ2) is 34.8. The van der Waals surface area contributed by atoms with Gasteiger partial charge in [0.05, 0.1) is 17.6 Å². The molecule has 0 fully saturated rings. The van der Waals surface area contributed by atoms with Crippen LogP contribution in [0.4, 0.5) is 40.8 Å². The third-order valence-electron chi connectivity index (χ3n) is 20.2. The normalized spacial score (nSPS) is 14.2. The van der Waals surface area contributed by atoms with E-state index in [2.05, 4.69) is 149 Å². The lowest BCUT2D eigenvalue weighted by atomic mass is 9.87. The zero-order chi connectivity index (χ0) is 79.9. The molecule has 0 atom stereocenters. The molecule has 0 bridgehead atoms. The van der Waals surface area contributed by atoms with Crippen LogP contribution in [-0.2, 0) is 96.7 Å². The zero-order valence-electron chi connectivity index (χ0n) is 68.5. The van der Waals surface area contributed by atoms with Crippen molar-refractivity contribution in [1.29, 1.82) is 0 Å². The third-order valence-corrected chi connectivity index (χ3v) is 20.2. The van der Waals surface area contributed by atoms with Crippen LogP contribution in [-0.4, -0.2) is 89.2 Å². The fraction of sp³-hybridized carbons (Fsp3) is 0.506. The molecule has 0 N–H and O–H groups in total. The van der Waals surface area contributed by atoms with Crippen molar-refractivity contribution in [2.75, 3.05) is 45.8 Å². The lowest BCUT2D eigenvalue weighted by Gasteiger charge is -2.30. The van der Waals surface area contributed by atoms with E-state index in [-0.39, 0.29) is 50.6 Å². The molecule has 12 rings (SSSR count). The molecule has 4 aliphatic rings. The van der Waals surface area contributed by atoms with Gasteiger partial charge < -0.3 is 19.6 Å². The summed E-state index contributed by atoms with van der Waals surface area (Å²) in [5.41, 5.74) is 20.7. The largest absolute Gasteiger partial charge is 0.352 e. The van der Waals surface area contributed by atoms with E-state index in [1.54, 1.807) is 6.07 Å². The van der Waals surface area contributed by atoms with E-state index < -0.39 is 17.7 Å². The van der Waals surface area contributed by atoms with Crippen LogP contribution in [0.1, 0.15) is 227 Å². The van der Waals surface area contributed by atoms with Gasteiger partial charge in [-0.05, 0) is 199 Å². The fourth-order valence-corrected chi connectivity index (χ4v) is 15.0. The zero-order valence-corrected chi connectivity index (χ0v) is 68.5. The maximum Gasteiger partial charge on any atom is 0.249 e. The first kappa shape index (κ1) is 83.8. The summed E-state index contributed by atoms with van der Waals surface area (Å²) in [6.07, 6.45) is 8.26. The van der Waals surface area contributed by atoms with Crippen LogP contribution in [0.2, 0.25) is 0 Å². The summed E-state index contributed by atoms with van der Waals surface area (Å²) in [7, 11) is 0.